The van der Waals surface area contributed by atoms with Crippen LogP contribution in [0.2, 0.25) is 10.0 Å². The Kier molecular flexibility index (Phi) is 4.73. The number of benzene rings is 1. The average Bonchev–Trinajstić information content (AvgIpc) is 2.33. The molecule has 1 saturated carbocycles. The van der Waals surface area contributed by atoms with Crippen LogP contribution in [0, 0.1) is 11.3 Å². The number of hydrogen-bond acceptors (Lipinski definition) is 1. The molecule has 1 nitrogen and oxygen atoms in total. The molecule has 0 heterocycles. The van der Waals surface area contributed by atoms with E-state index in [1.54, 1.807) is 0 Å². The third-order valence-electron chi connectivity index (χ3n) is 4.71. The van der Waals surface area contributed by atoms with E-state index in [1.807, 2.05) is 18.2 Å². The molecule has 1 aliphatic rings. The van der Waals surface area contributed by atoms with E-state index in [-0.39, 0.29) is 0 Å². The van der Waals surface area contributed by atoms with Gasteiger partial charge in [0.1, 0.15) is 0 Å². The van der Waals surface area contributed by atoms with Gasteiger partial charge in [-0.25, -0.2) is 0 Å². The van der Waals surface area contributed by atoms with Crippen LogP contribution in [0.5, 0.6) is 0 Å². The molecule has 0 atom stereocenters. The van der Waals surface area contributed by atoms with Crippen molar-refractivity contribution in [2.75, 3.05) is 0 Å². The predicted octanol–water partition coefficient (Wildman–Crippen LogP) is 5.50. The fourth-order valence-corrected chi connectivity index (χ4v) is 3.76. The molecule has 0 aromatic heterocycles. The summed E-state index contributed by atoms with van der Waals surface area (Å²) in [6.45, 7) is 6.85. The first-order chi connectivity index (χ1) is 9.21. The highest BCUT2D eigenvalue weighted by Crippen LogP contribution is 2.43. The highest BCUT2D eigenvalue weighted by atomic mass is 35.5. The van der Waals surface area contributed by atoms with E-state index in [4.69, 9.17) is 23.2 Å². The van der Waals surface area contributed by atoms with Gasteiger partial charge in [-0.15, -0.1) is 0 Å². The highest BCUT2D eigenvalue weighted by Gasteiger charge is 2.37. The summed E-state index contributed by atoms with van der Waals surface area (Å²) in [7, 11) is 0. The largest absolute Gasteiger partial charge is 0.390 e. The van der Waals surface area contributed by atoms with Gasteiger partial charge in [-0.3, -0.25) is 0 Å². The molecule has 1 aromatic carbocycles. The normalized spacial score (nSPS) is 27.6. The lowest BCUT2D eigenvalue weighted by Crippen LogP contribution is -2.39. The molecule has 1 N–H and O–H groups in total. The van der Waals surface area contributed by atoms with Crippen molar-refractivity contribution in [3.05, 3.63) is 33.8 Å². The van der Waals surface area contributed by atoms with E-state index in [0.717, 1.165) is 31.2 Å². The second-order valence-corrected chi connectivity index (χ2v) is 8.06. The second-order valence-electron chi connectivity index (χ2n) is 7.24. The first-order valence-corrected chi connectivity index (χ1v) is 8.12. The molecule has 0 bridgehead atoms. The Morgan fingerprint density at radius 3 is 2.10 bits per heavy atom. The molecule has 0 amide bonds. The van der Waals surface area contributed by atoms with Gasteiger partial charge in [-0.05, 0) is 54.7 Å². The second kappa shape index (κ2) is 5.87. The van der Waals surface area contributed by atoms with Gasteiger partial charge in [-0.2, -0.15) is 0 Å². The van der Waals surface area contributed by atoms with Crippen molar-refractivity contribution in [1.82, 2.24) is 0 Å². The van der Waals surface area contributed by atoms with Crippen LogP contribution in [0.1, 0.15) is 52.0 Å². The Bertz CT molecular complexity index is 448. The Hall–Kier alpha value is -0.240. The number of hydrogen-bond donors (Lipinski definition) is 1. The van der Waals surface area contributed by atoms with E-state index in [9.17, 15) is 5.11 Å². The van der Waals surface area contributed by atoms with Gasteiger partial charge >= 0.3 is 0 Å². The van der Waals surface area contributed by atoms with E-state index >= 15 is 0 Å². The molecule has 3 heteroatoms. The van der Waals surface area contributed by atoms with Gasteiger partial charge in [0.2, 0.25) is 0 Å². The minimum atomic E-state index is -0.656. The quantitative estimate of drug-likeness (QED) is 0.763. The van der Waals surface area contributed by atoms with E-state index < -0.39 is 5.60 Å². The van der Waals surface area contributed by atoms with Crippen molar-refractivity contribution in [3.63, 3.8) is 0 Å². The minimum Gasteiger partial charge on any atom is -0.390 e. The third kappa shape index (κ3) is 3.69. The summed E-state index contributed by atoms with van der Waals surface area (Å²) in [5.74, 6) is 0.685. The van der Waals surface area contributed by atoms with Gasteiger partial charge in [0.25, 0.3) is 0 Å². The lowest BCUT2D eigenvalue weighted by Gasteiger charge is -2.41. The van der Waals surface area contributed by atoms with Crippen LogP contribution >= 0.6 is 23.2 Å². The maximum atomic E-state index is 10.8. The van der Waals surface area contributed by atoms with Gasteiger partial charge in [0.15, 0.2) is 0 Å². The molecule has 2 rings (SSSR count). The summed E-state index contributed by atoms with van der Waals surface area (Å²) in [5, 5.41) is 12.2. The first kappa shape index (κ1) is 16.1. The van der Waals surface area contributed by atoms with Crippen molar-refractivity contribution in [2.24, 2.45) is 11.3 Å². The van der Waals surface area contributed by atoms with Crippen molar-refractivity contribution in [2.45, 2.75) is 58.5 Å². The zero-order valence-electron chi connectivity index (χ0n) is 12.5. The predicted molar refractivity (Wildman–Crippen MR) is 86.5 cm³/mol. The van der Waals surface area contributed by atoms with E-state index in [0.29, 0.717) is 27.8 Å². The van der Waals surface area contributed by atoms with Crippen molar-refractivity contribution < 1.29 is 5.11 Å². The summed E-state index contributed by atoms with van der Waals surface area (Å²) < 4.78 is 0. The van der Waals surface area contributed by atoms with Gasteiger partial charge < -0.3 is 5.11 Å². The average molecular weight is 315 g/mol. The van der Waals surface area contributed by atoms with E-state index in [1.165, 1.54) is 0 Å². The summed E-state index contributed by atoms with van der Waals surface area (Å²) in [4.78, 5) is 0. The Balaban J connectivity index is 2.08. The molecule has 112 valence electrons. The first-order valence-electron chi connectivity index (χ1n) is 7.36. The molecule has 20 heavy (non-hydrogen) atoms. The molecule has 1 aromatic rings. The summed E-state index contributed by atoms with van der Waals surface area (Å²) in [6.07, 6.45) is 4.36. The lowest BCUT2D eigenvalue weighted by molar-refractivity contribution is -0.0245. The Labute approximate surface area is 132 Å². The molecular formula is C17H24Cl2O. The standard InChI is InChI=1S/C17H24Cl2O/c1-16(2,3)12-7-9-17(20,10-8-12)11-13-14(18)5-4-6-15(13)19/h4-6,12,20H,7-11H2,1-3H3. The summed E-state index contributed by atoms with van der Waals surface area (Å²) in [5.41, 5.74) is 0.548. The third-order valence-corrected chi connectivity index (χ3v) is 5.42. The topological polar surface area (TPSA) is 20.2 Å². The monoisotopic (exact) mass is 314 g/mol. The number of rotatable bonds is 2. The highest BCUT2D eigenvalue weighted by molar-refractivity contribution is 6.36. The fourth-order valence-electron chi connectivity index (χ4n) is 3.23. The molecule has 0 spiro atoms. The fraction of sp³-hybridized carbons (Fsp3) is 0.647. The van der Waals surface area contributed by atoms with Crippen LogP contribution in [0.25, 0.3) is 0 Å². The van der Waals surface area contributed by atoms with Crippen molar-refractivity contribution >= 4 is 23.2 Å². The SMILES string of the molecule is CC(C)(C)C1CCC(O)(Cc2c(Cl)cccc2Cl)CC1. The van der Waals surface area contributed by atoms with Crippen LogP contribution in [0.15, 0.2) is 18.2 Å². The number of aliphatic hydroxyl groups is 1. The summed E-state index contributed by atoms with van der Waals surface area (Å²) >= 11 is 12.4. The maximum absolute atomic E-state index is 10.8. The van der Waals surface area contributed by atoms with E-state index in [2.05, 4.69) is 20.8 Å². The van der Waals surface area contributed by atoms with Crippen LogP contribution in [-0.2, 0) is 6.42 Å². The van der Waals surface area contributed by atoms with Crippen LogP contribution in [0.4, 0.5) is 0 Å². The van der Waals surface area contributed by atoms with Crippen LogP contribution in [0.3, 0.4) is 0 Å². The zero-order chi connectivity index (χ0) is 15.0. The minimum absolute atomic E-state index is 0.323. The molecule has 0 radical (unpaired) electrons. The molecule has 0 aliphatic heterocycles. The lowest BCUT2D eigenvalue weighted by atomic mass is 9.67. The Morgan fingerprint density at radius 2 is 1.65 bits per heavy atom. The van der Waals surface area contributed by atoms with Gasteiger partial charge in [-0.1, -0.05) is 50.0 Å². The van der Waals surface area contributed by atoms with Crippen LogP contribution in [-0.4, -0.2) is 10.7 Å². The van der Waals surface area contributed by atoms with Crippen molar-refractivity contribution in [1.29, 1.82) is 0 Å². The molecular weight excluding hydrogens is 291 g/mol. The molecule has 1 aliphatic carbocycles. The van der Waals surface area contributed by atoms with Gasteiger partial charge in [0, 0.05) is 16.5 Å². The Morgan fingerprint density at radius 1 is 1.15 bits per heavy atom. The zero-order valence-corrected chi connectivity index (χ0v) is 14.1. The smallest absolute Gasteiger partial charge is 0.0689 e. The summed E-state index contributed by atoms with van der Waals surface area (Å²) in [6, 6.07) is 5.52. The van der Waals surface area contributed by atoms with Crippen molar-refractivity contribution in [3.8, 4) is 0 Å². The number of halogens is 2. The molecule has 0 saturated heterocycles. The van der Waals surface area contributed by atoms with Gasteiger partial charge in [0.05, 0.1) is 5.60 Å². The molecule has 1 fully saturated rings. The molecule has 0 unspecified atom stereocenters. The maximum Gasteiger partial charge on any atom is 0.0689 e. The van der Waals surface area contributed by atoms with Crippen LogP contribution < -0.4 is 0 Å².